The molecule has 0 aliphatic carbocycles. The van der Waals surface area contributed by atoms with E-state index in [4.69, 9.17) is 11.6 Å². The Morgan fingerprint density at radius 2 is 2.11 bits per heavy atom. The molecule has 0 heterocycles. The highest BCUT2D eigenvalue weighted by atomic mass is 35.5. The number of halogens is 1. The van der Waals surface area contributed by atoms with Gasteiger partial charge in [-0.3, -0.25) is 4.79 Å². The van der Waals surface area contributed by atoms with Gasteiger partial charge in [0, 0.05) is 13.3 Å². The average Bonchev–Trinajstić information content (AvgIpc) is 2.33. The van der Waals surface area contributed by atoms with Crippen molar-refractivity contribution in [3.63, 3.8) is 0 Å². The number of phenolic OH excluding ortho intramolecular Hbond substituents is 1. The van der Waals surface area contributed by atoms with E-state index < -0.39 is 12.0 Å². The van der Waals surface area contributed by atoms with Crippen LogP contribution in [0.4, 0.5) is 0 Å². The van der Waals surface area contributed by atoms with E-state index in [0.29, 0.717) is 5.56 Å². The molecule has 2 N–H and O–H groups in total. The lowest BCUT2D eigenvalue weighted by molar-refractivity contribution is -0.144. The van der Waals surface area contributed by atoms with Crippen LogP contribution in [0.1, 0.15) is 18.1 Å². The van der Waals surface area contributed by atoms with E-state index in [1.807, 2.05) is 0 Å². The number of esters is 1. The van der Waals surface area contributed by atoms with Crippen molar-refractivity contribution in [1.29, 1.82) is 0 Å². The van der Waals surface area contributed by atoms with Crippen molar-refractivity contribution in [2.24, 2.45) is 0 Å². The maximum atomic E-state index is 11.6. The van der Waals surface area contributed by atoms with Crippen molar-refractivity contribution < 1.29 is 19.4 Å². The van der Waals surface area contributed by atoms with Gasteiger partial charge in [0.2, 0.25) is 5.91 Å². The van der Waals surface area contributed by atoms with Crippen molar-refractivity contribution in [3.8, 4) is 5.75 Å². The first-order chi connectivity index (χ1) is 8.85. The van der Waals surface area contributed by atoms with Crippen LogP contribution in [0.15, 0.2) is 12.1 Å². The molecule has 0 aliphatic rings. The number of methoxy groups -OCH3 is 1. The van der Waals surface area contributed by atoms with E-state index in [1.54, 1.807) is 19.1 Å². The van der Waals surface area contributed by atoms with Crippen LogP contribution in [0, 0.1) is 6.92 Å². The van der Waals surface area contributed by atoms with Gasteiger partial charge in [-0.2, -0.15) is 0 Å². The zero-order valence-corrected chi connectivity index (χ0v) is 11.7. The smallest absolute Gasteiger partial charge is 0.328 e. The summed E-state index contributed by atoms with van der Waals surface area (Å²) in [6.07, 6.45) is 0.243. The van der Waals surface area contributed by atoms with Gasteiger partial charge in [-0.25, -0.2) is 4.79 Å². The summed E-state index contributed by atoms with van der Waals surface area (Å²) in [5, 5.41) is 12.3. The predicted octanol–water partition coefficient (Wildman–Crippen LogP) is 1.57. The number of amides is 1. The van der Waals surface area contributed by atoms with Crippen molar-refractivity contribution in [2.45, 2.75) is 26.3 Å². The summed E-state index contributed by atoms with van der Waals surface area (Å²) in [6.45, 7) is 3.03. The molecule has 1 aromatic carbocycles. The first-order valence-electron chi connectivity index (χ1n) is 5.68. The summed E-state index contributed by atoms with van der Waals surface area (Å²) in [5.74, 6) is -0.839. The van der Waals surface area contributed by atoms with Crippen LogP contribution < -0.4 is 5.32 Å². The molecular weight excluding hydrogens is 270 g/mol. The minimum absolute atomic E-state index is 0.0135. The summed E-state index contributed by atoms with van der Waals surface area (Å²) < 4.78 is 4.63. The van der Waals surface area contributed by atoms with Crippen molar-refractivity contribution >= 4 is 23.5 Å². The third-order valence-corrected chi connectivity index (χ3v) is 2.90. The summed E-state index contributed by atoms with van der Waals surface area (Å²) in [4.78, 5) is 22.6. The maximum absolute atomic E-state index is 11.6. The number of phenols is 1. The summed E-state index contributed by atoms with van der Waals surface area (Å²) in [6, 6.07) is 2.49. The largest absolute Gasteiger partial charge is 0.506 e. The lowest BCUT2D eigenvalue weighted by Gasteiger charge is -2.16. The minimum atomic E-state index is -0.775. The van der Waals surface area contributed by atoms with Gasteiger partial charge in [-0.1, -0.05) is 17.7 Å². The molecule has 1 amide bonds. The van der Waals surface area contributed by atoms with Crippen LogP contribution >= 0.6 is 11.6 Å². The molecule has 0 saturated carbocycles. The molecule has 1 atom stereocenters. The van der Waals surface area contributed by atoms with Gasteiger partial charge in [0.1, 0.15) is 11.8 Å². The van der Waals surface area contributed by atoms with Crippen LogP contribution in [0.5, 0.6) is 5.75 Å². The van der Waals surface area contributed by atoms with Crippen molar-refractivity contribution in [1.82, 2.24) is 5.32 Å². The van der Waals surface area contributed by atoms with Crippen molar-refractivity contribution in [2.75, 3.05) is 7.11 Å². The number of carbonyl (C=O) groups excluding carboxylic acids is 2. The molecule has 1 rings (SSSR count). The van der Waals surface area contributed by atoms with Gasteiger partial charge in [-0.05, 0) is 24.1 Å². The van der Waals surface area contributed by atoms with Crippen LogP contribution in [-0.4, -0.2) is 30.1 Å². The lowest BCUT2D eigenvalue weighted by atomic mass is 10.0. The molecule has 5 nitrogen and oxygen atoms in total. The molecule has 1 unspecified atom stereocenters. The van der Waals surface area contributed by atoms with Gasteiger partial charge in [-0.15, -0.1) is 0 Å². The van der Waals surface area contributed by atoms with Gasteiger partial charge < -0.3 is 15.2 Å². The third kappa shape index (κ3) is 4.13. The number of hydrogen-bond acceptors (Lipinski definition) is 4. The normalized spacial score (nSPS) is 11.8. The standard InChI is InChI=1S/C13H16ClNO4/c1-7-4-9(5-10(14)12(7)17)6-11(13(18)19-3)15-8(2)16/h4-5,11,17H,6H2,1-3H3,(H,15,16). The van der Waals surface area contributed by atoms with Crippen molar-refractivity contribution in [3.05, 3.63) is 28.3 Å². The number of ether oxygens (including phenoxy) is 1. The number of carbonyl (C=O) groups is 2. The number of benzene rings is 1. The zero-order chi connectivity index (χ0) is 14.6. The highest BCUT2D eigenvalue weighted by Crippen LogP contribution is 2.28. The monoisotopic (exact) mass is 285 g/mol. The summed E-state index contributed by atoms with van der Waals surface area (Å²) in [7, 11) is 1.26. The van der Waals surface area contributed by atoms with E-state index in [0.717, 1.165) is 5.56 Å². The number of nitrogens with one attached hydrogen (secondary N) is 1. The molecule has 0 spiro atoms. The Bertz CT molecular complexity index is 478. The van der Waals surface area contributed by atoms with E-state index >= 15 is 0 Å². The summed E-state index contributed by atoms with van der Waals surface area (Å²) >= 11 is 5.87. The molecule has 0 fully saturated rings. The first kappa shape index (κ1) is 15.3. The number of aryl methyl sites for hydroxylation is 1. The highest BCUT2D eigenvalue weighted by Gasteiger charge is 2.21. The Kier molecular flexibility index (Phi) is 5.18. The Balaban J connectivity index is 2.96. The molecule has 0 radical (unpaired) electrons. The second-order valence-corrected chi connectivity index (χ2v) is 4.63. The summed E-state index contributed by atoms with van der Waals surface area (Å²) in [5.41, 5.74) is 1.33. The van der Waals surface area contributed by atoms with Crippen LogP contribution in [-0.2, 0) is 20.7 Å². The predicted molar refractivity (Wildman–Crippen MR) is 71.2 cm³/mol. The first-order valence-corrected chi connectivity index (χ1v) is 6.06. The number of hydrogen-bond donors (Lipinski definition) is 2. The second-order valence-electron chi connectivity index (χ2n) is 4.22. The molecule has 1 aromatic rings. The molecule has 6 heteroatoms. The Labute approximate surface area is 116 Å². The van der Waals surface area contributed by atoms with E-state index in [1.165, 1.54) is 14.0 Å². The van der Waals surface area contributed by atoms with Crippen LogP contribution in [0.2, 0.25) is 5.02 Å². The topological polar surface area (TPSA) is 75.6 Å². The SMILES string of the molecule is COC(=O)C(Cc1cc(C)c(O)c(Cl)c1)NC(C)=O. The van der Waals surface area contributed by atoms with E-state index in [-0.39, 0.29) is 23.1 Å². The maximum Gasteiger partial charge on any atom is 0.328 e. The highest BCUT2D eigenvalue weighted by molar-refractivity contribution is 6.32. The number of aromatic hydroxyl groups is 1. The third-order valence-electron chi connectivity index (χ3n) is 2.62. The fraction of sp³-hybridized carbons (Fsp3) is 0.385. The Morgan fingerprint density at radius 3 is 2.58 bits per heavy atom. The van der Waals surface area contributed by atoms with Gasteiger partial charge in [0.25, 0.3) is 0 Å². The average molecular weight is 286 g/mol. The van der Waals surface area contributed by atoms with Crippen LogP contribution in [0.25, 0.3) is 0 Å². The fourth-order valence-electron chi connectivity index (χ4n) is 1.74. The Hall–Kier alpha value is -1.75. The molecule has 0 aliphatic heterocycles. The fourth-order valence-corrected chi connectivity index (χ4v) is 2.03. The quantitative estimate of drug-likeness (QED) is 0.824. The molecular formula is C13H16ClNO4. The minimum Gasteiger partial charge on any atom is -0.506 e. The molecule has 104 valence electrons. The number of rotatable bonds is 4. The second kappa shape index (κ2) is 6.43. The molecule has 0 aromatic heterocycles. The molecule has 19 heavy (non-hydrogen) atoms. The molecule has 0 saturated heterocycles. The van der Waals surface area contributed by atoms with Crippen LogP contribution in [0.3, 0.4) is 0 Å². The zero-order valence-electron chi connectivity index (χ0n) is 11.0. The van der Waals surface area contributed by atoms with Gasteiger partial charge >= 0.3 is 5.97 Å². The van der Waals surface area contributed by atoms with Gasteiger partial charge in [0.15, 0.2) is 0 Å². The lowest BCUT2D eigenvalue weighted by Crippen LogP contribution is -2.42. The van der Waals surface area contributed by atoms with Gasteiger partial charge in [0.05, 0.1) is 12.1 Å². The molecule has 0 bridgehead atoms. The van der Waals surface area contributed by atoms with E-state index in [2.05, 4.69) is 10.1 Å². The van der Waals surface area contributed by atoms with E-state index in [9.17, 15) is 14.7 Å². The Morgan fingerprint density at radius 1 is 1.47 bits per heavy atom.